The molecule has 0 saturated heterocycles. The van der Waals surface area contributed by atoms with Gasteiger partial charge in [0.1, 0.15) is 0 Å². The van der Waals surface area contributed by atoms with E-state index in [1.807, 2.05) is 0 Å². The van der Waals surface area contributed by atoms with E-state index >= 15 is 0 Å². The molecule has 1 rings (SSSR count). The molecule has 0 bridgehead atoms. The van der Waals surface area contributed by atoms with E-state index in [-0.39, 0.29) is 6.04 Å². The molecular weight excluding hydrogens is 152 g/mol. The van der Waals surface area contributed by atoms with E-state index in [9.17, 15) is 0 Å². The van der Waals surface area contributed by atoms with Gasteiger partial charge in [0.2, 0.25) is 0 Å². The van der Waals surface area contributed by atoms with Gasteiger partial charge in [-0.3, -0.25) is 5.32 Å². The summed E-state index contributed by atoms with van der Waals surface area (Å²) in [6.07, 6.45) is 3.70. The maximum atomic E-state index is 8.81. The number of nitrogens with one attached hydrogen (secondary N) is 1. The highest BCUT2D eigenvalue weighted by Gasteiger charge is 2.26. The van der Waals surface area contributed by atoms with E-state index < -0.39 is 0 Å². The predicted molar refractivity (Wildman–Crippen MR) is 46.6 cm³/mol. The van der Waals surface area contributed by atoms with Crippen molar-refractivity contribution >= 4 is 0 Å². The van der Waals surface area contributed by atoms with E-state index in [1.54, 1.807) is 7.11 Å². The van der Waals surface area contributed by atoms with E-state index in [1.165, 1.54) is 19.3 Å². The molecule has 0 radical (unpaired) electrons. The van der Waals surface area contributed by atoms with E-state index in [0.29, 0.717) is 12.5 Å². The summed E-state index contributed by atoms with van der Waals surface area (Å²) in [4.78, 5) is 0. The second kappa shape index (κ2) is 5.13. The van der Waals surface area contributed by atoms with E-state index in [4.69, 9.17) is 10.00 Å². The topological polar surface area (TPSA) is 45.0 Å². The average Bonchev–Trinajstić information content (AvgIpc) is 1.99. The second-order valence-electron chi connectivity index (χ2n) is 3.24. The maximum absolute atomic E-state index is 8.81. The fourth-order valence-corrected chi connectivity index (χ4v) is 1.41. The Bertz CT molecular complexity index is 160. The summed E-state index contributed by atoms with van der Waals surface area (Å²) in [7, 11) is 1.67. The van der Waals surface area contributed by atoms with E-state index in [0.717, 1.165) is 6.54 Å². The van der Waals surface area contributed by atoms with Gasteiger partial charge in [0.15, 0.2) is 0 Å². The minimum atomic E-state index is 0.0499. The third-order valence-corrected chi connectivity index (χ3v) is 2.43. The Morgan fingerprint density at radius 2 is 2.42 bits per heavy atom. The van der Waals surface area contributed by atoms with Crippen LogP contribution in [0, 0.1) is 17.2 Å². The summed E-state index contributed by atoms with van der Waals surface area (Å²) >= 11 is 0. The quantitative estimate of drug-likeness (QED) is 0.621. The molecule has 1 aliphatic carbocycles. The molecule has 68 valence electrons. The zero-order chi connectivity index (χ0) is 8.81. The number of methoxy groups -OCH3 is 1. The molecule has 0 amide bonds. The Morgan fingerprint density at radius 1 is 1.67 bits per heavy atom. The third-order valence-electron chi connectivity index (χ3n) is 2.43. The van der Waals surface area contributed by atoms with Gasteiger partial charge in [-0.2, -0.15) is 5.26 Å². The SMILES string of the molecule is COCCNC(C#N)C1CCC1. The van der Waals surface area contributed by atoms with Crippen molar-refractivity contribution in [3.63, 3.8) is 0 Å². The van der Waals surface area contributed by atoms with Crippen molar-refractivity contribution in [2.45, 2.75) is 25.3 Å². The molecule has 0 aromatic heterocycles. The first kappa shape index (κ1) is 9.50. The molecule has 0 heterocycles. The highest BCUT2D eigenvalue weighted by atomic mass is 16.5. The van der Waals surface area contributed by atoms with Crippen LogP contribution in [0.3, 0.4) is 0 Å². The number of nitriles is 1. The molecule has 3 nitrogen and oxygen atoms in total. The van der Waals surface area contributed by atoms with Gasteiger partial charge in [0.05, 0.1) is 18.7 Å². The van der Waals surface area contributed by atoms with Crippen LogP contribution in [0.4, 0.5) is 0 Å². The first-order valence-corrected chi connectivity index (χ1v) is 4.50. The van der Waals surface area contributed by atoms with Crippen LogP contribution in [0.2, 0.25) is 0 Å². The molecule has 0 spiro atoms. The lowest BCUT2D eigenvalue weighted by atomic mass is 9.80. The average molecular weight is 168 g/mol. The standard InChI is InChI=1S/C9H16N2O/c1-12-6-5-11-9(7-10)8-3-2-4-8/h8-9,11H,2-6H2,1H3. The van der Waals surface area contributed by atoms with Crippen molar-refractivity contribution in [2.24, 2.45) is 5.92 Å². The van der Waals surface area contributed by atoms with Crippen LogP contribution in [-0.4, -0.2) is 26.3 Å². The molecule has 1 N–H and O–H groups in total. The molecular formula is C9H16N2O. The van der Waals surface area contributed by atoms with Gasteiger partial charge in [0.25, 0.3) is 0 Å². The summed E-state index contributed by atoms with van der Waals surface area (Å²) in [5.74, 6) is 0.590. The maximum Gasteiger partial charge on any atom is 0.0982 e. The lowest BCUT2D eigenvalue weighted by Gasteiger charge is -2.29. The molecule has 12 heavy (non-hydrogen) atoms. The van der Waals surface area contributed by atoms with Gasteiger partial charge in [-0.15, -0.1) is 0 Å². The van der Waals surface area contributed by atoms with Crippen LogP contribution < -0.4 is 5.32 Å². The fourth-order valence-electron chi connectivity index (χ4n) is 1.41. The smallest absolute Gasteiger partial charge is 0.0982 e. The lowest BCUT2D eigenvalue weighted by Crippen LogP contribution is -2.39. The van der Waals surface area contributed by atoms with Gasteiger partial charge >= 0.3 is 0 Å². The molecule has 1 atom stereocenters. The Hall–Kier alpha value is -0.590. The second-order valence-corrected chi connectivity index (χ2v) is 3.24. The number of rotatable bonds is 5. The van der Waals surface area contributed by atoms with Crippen LogP contribution >= 0.6 is 0 Å². The molecule has 1 aliphatic rings. The lowest BCUT2D eigenvalue weighted by molar-refractivity contribution is 0.186. The van der Waals surface area contributed by atoms with Gasteiger partial charge in [-0.25, -0.2) is 0 Å². The van der Waals surface area contributed by atoms with Crippen LogP contribution in [0.1, 0.15) is 19.3 Å². The summed E-state index contributed by atoms with van der Waals surface area (Å²) in [6, 6.07) is 2.35. The Morgan fingerprint density at radius 3 is 2.83 bits per heavy atom. The Kier molecular flexibility index (Phi) is 4.06. The summed E-state index contributed by atoms with van der Waals surface area (Å²) < 4.78 is 4.90. The first-order chi connectivity index (χ1) is 5.88. The molecule has 0 aromatic carbocycles. The number of ether oxygens (including phenoxy) is 1. The van der Waals surface area contributed by atoms with Crippen molar-refractivity contribution in [1.82, 2.24) is 5.32 Å². The molecule has 0 aromatic rings. The van der Waals surface area contributed by atoms with Crippen LogP contribution in [0.5, 0.6) is 0 Å². The van der Waals surface area contributed by atoms with Crippen molar-refractivity contribution < 1.29 is 4.74 Å². The fraction of sp³-hybridized carbons (Fsp3) is 0.889. The molecule has 0 aliphatic heterocycles. The Labute approximate surface area is 73.7 Å². The molecule has 3 heteroatoms. The minimum Gasteiger partial charge on any atom is -0.383 e. The number of hydrogen-bond acceptors (Lipinski definition) is 3. The van der Waals surface area contributed by atoms with Crippen molar-refractivity contribution in [1.29, 1.82) is 5.26 Å². The van der Waals surface area contributed by atoms with E-state index in [2.05, 4.69) is 11.4 Å². The van der Waals surface area contributed by atoms with Crippen LogP contribution in [-0.2, 0) is 4.74 Å². The van der Waals surface area contributed by atoms with Crippen molar-refractivity contribution in [2.75, 3.05) is 20.3 Å². The third kappa shape index (κ3) is 2.47. The van der Waals surface area contributed by atoms with Crippen LogP contribution in [0.15, 0.2) is 0 Å². The number of nitrogens with zero attached hydrogens (tertiary/aromatic N) is 1. The normalized spacial score (nSPS) is 19.7. The van der Waals surface area contributed by atoms with Gasteiger partial charge in [0, 0.05) is 13.7 Å². The largest absolute Gasteiger partial charge is 0.383 e. The molecule has 1 fully saturated rings. The minimum absolute atomic E-state index is 0.0499. The number of hydrogen-bond donors (Lipinski definition) is 1. The Balaban J connectivity index is 2.13. The molecule has 1 unspecified atom stereocenters. The van der Waals surface area contributed by atoms with Crippen LogP contribution in [0.25, 0.3) is 0 Å². The van der Waals surface area contributed by atoms with Gasteiger partial charge in [-0.05, 0) is 18.8 Å². The molecule has 1 saturated carbocycles. The van der Waals surface area contributed by atoms with Crippen molar-refractivity contribution in [3.8, 4) is 6.07 Å². The summed E-state index contributed by atoms with van der Waals surface area (Å²) in [5, 5.41) is 12.0. The van der Waals surface area contributed by atoms with Gasteiger partial charge in [-0.1, -0.05) is 6.42 Å². The zero-order valence-electron chi connectivity index (χ0n) is 7.55. The van der Waals surface area contributed by atoms with Crippen molar-refractivity contribution in [3.05, 3.63) is 0 Å². The highest BCUT2D eigenvalue weighted by molar-refractivity contribution is 4.97. The summed E-state index contributed by atoms with van der Waals surface area (Å²) in [6.45, 7) is 1.47. The monoisotopic (exact) mass is 168 g/mol. The highest BCUT2D eigenvalue weighted by Crippen LogP contribution is 2.29. The summed E-state index contributed by atoms with van der Waals surface area (Å²) in [5.41, 5.74) is 0. The predicted octanol–water partition coefficient (Wildman–Crippen LogP) is 0.915. The van der Waals surface area contributed by atoms with Gasteiger partial charge < -0.3 is 4.74 Å². The zero-order valence-corrected chi connectivity index (χ0v) is 7.55. The first-order valence-electron chi connectivity index (χ1n) is 4.50.